The zero-order valence-corrected chi connectivity index (χ0v) is 16.6. The number of likely N-dealkylation sites (tertiary alicyclic amines) is 1. The fourth-order valence-electron chi connectivity index (χ4n) is 4.05. The molecule has 1 aliphatic rings. The lowest BCUT2D eigenvalue weighted by Gasteiger charge is -2.31. The molecule has 0 atom stereocenters. The molecule has 1 aromatic carbocycles. The van der Waals surface area contributed by atoms with Crippen LogP contribution in [-0.4, -0.2) is 49.9 Å². The minimum absolute atomic E-state index is 0.0137. The number of carbonyl (C=O) groups is 1. The molecular formula is C22H22FN5O2. The van der Waals surface area contributed by atoms with Gasteiger partial charge in [-0.15, -0.1) is 0 Å². The third-order valence-corrected chi connectivity index (χ3v) is 5.62. The first-order valence-electron chi connectivity index (χ1n) is 10.1. The number of pyridine rings is 1. The van der Waals surface area contributed by atoms with E-state index in [2.05, 4.69) is 15.0 Å². The number of hydrogen-bond donors (Lipinski definition) is 1. The summed E-state index contributed by atoms with van der Waals surface area (Å²) in [6.45, 7) is 3.20. The fourth-order valence-corrected chi connectivity index (χ4v) is 4.05. The Kier molecular flexibility index (Phi) is 4.61. The monoisotopic (exact) mass is 407 g/mol. The summed E-state index contributed by atoms with van der Waals surface area (Å²) in [6.07, 6.45) is 5.44. The Morgan fingerprint density at radius 3 is 2.93 bits per heavy atom. The fraction of sp³-hybridized carbons (Fsp3) is 0.318. The molecule has 8 heteroatoms. The Morgan fingerprint density at radius 1 is 1.27 bits per heavy atom. The van der Waals surface area contributed by atoms with Crippen LogP contribution in [0.25, 0.3) is 16.7 Å². The van der Waals surface area contributed by atoms with E-state index in [1.807, 2.05) is 40.8 Å². The van der Waals surface area contributed by atoms with Gasteiger partial charge >= 0.3 is 0 Å². The number of H-pyrrole nitrogens is 1. The molecule has 7 nitrogen and oxygen atoms in total. The van der Waals surface area contributed by atoms with E-state index in [9.17, 15) is 9.18 Å². The van der Waals surface area contributed by atoms with Crippen LogP contribution in [-0.2, 0) is 4.79 Å². The summed E-state index contributed by atoms with van der Waals surface area (Å²) < 4.78 is 21.1. The summed E-state index contributed by atoms with van der Waals surface area (Å²) in [7, 11) is 0. The van der Waals surface area contributed by atoms with Gasteiger partial charge in [0.15, 0.2) is 18.0 Å². The van der Waals surface area contributed by atoms with Crippen LogP contribution < -0.4 is 4.74 Å². The van der Waals surface area contributed by atoms with E-state index >= 15 is 0 Å². The molecule has 0 spiro atoms. The molecule has 4 heterocycles. The van der Waals surface area contributed by atoms with Crippen LogP contribution in [0.4, 0.5) is 4.39 Å². The van der Waals surface area contributed by atoms with E-state index in [0.717, 1.165) is 29.9 Å². The van der Waals surface area contributed by atoms with Crippen molar-refractivity contribution in [1.29, 1.82) is 0 Å². The number of ether oxygens (including phenoxy) is 1. The van der Waals surface area contributed by atoms with E-state index < -0.39 is 0 Å². The Hall–Kier alpha value is -3.42. The third kappa shape index (κ3) is 3.49. The number of nitrogens with zero attached hydrogens (tertiary/aromatic N) is 4. The van der Waals surface area contributed by atoms with Crippen LogP contribution in [0.2, 0.25) is 0 Å². The maximum absolute atomic E-state index is 13.4. The number of halogens is 1. The van der Waals surface area contributed by atoms with Crippen molar-refractivity contribution in [2.24, 2.45) is 0 Å². The summed E-state index contributed by atoms with van der Waals surface area (Å²) >= 11 is 0. The standard InChI is InChI=1S/C22H22FN5O2/c1-14-12-28-8-2-3-19(22(28)24-14)30-13-20(29)27-9-6-15(7-10-27)21-25-17-5-4-16(23)11-18(17)26-21/h2-5,8,11-12,15H,6-7,9-10,13H2,1H3,(H,25,26). The number of aromatic amines is 1. The van der Waals surface area contributed by atoms with Gasteiger partial charge in [-0.1, -0.05) is 0 Å². The van der Waals surface area contributed by atoms with Crippen molar-refractivity contribution < 1.29 is 13.9 Å². The Morgan fingerprint density at radius 2 is 2.10 bits per heavy atom. The van der Waals surface area contributed by atoms with Crippen molar-refractivity contribution in [2.45, 2.75) is 25.7 Å². The van der Waals surface area contributed by atoms with Crippen LogP contribution in [0.3, 0.4) is 0 Å². The van der Waals surface area contributed by atoms with Gasteiger partial charge in [0, 0.05) is 31.4 Å². The second-order valence-corrected chi connectivity index (χ2v) is 7.71. The third-order valence-electron chi connectivity index (χ3n) is 5.62. The van der Waals surface area contributed by atoms with Crippen molar-refractivity contribution in [3.8, 4) is 5.75 Å². The van der Waals surface area contributed by atoms with E-state index in [-0.39, 0.29) is 24.2 Å². The highest BCUT2D eigenvalue weighted by Crippen LogP contribution is 2.28. The molecule has 154 valence electrons. The lowest BCUT2D eigenvalue weighted by Crippen LogP contribution is -2.40. The molecule has 0 saturated carbocycles. The number of aryl methyl sites for hydroxylation is 1. The number of fused-ring (bicyclic) bond motifs is 2. The number of benzene rings is 1. The first-order valence-corrected chi connectivity index (χ1v) is 10.1. The average molecular weight is 407 g/mol. The van der Waals surface area contributed by atoms with E-state index in [1.54, 1.807) is 6.07 Å². The molecule has 0 bridgehead atoms. The number of aromatic nitrogens is 4. The van der Waals surface area contributed by atoms with Gasteiger partial charge in [0.1, 0.15) is 11.6 Å². The maximum Gasteiger partial charge on any atom is 0.260 e. The maximum atomic E-state index is 13.4. The van der Waals surface area contributed by atoms with Crippen LogP contribution in [0, 0.1) is 12.7 Å². The average Bonchev–Trinajstić information content (AvgIpc) is 3.34. The molecule has 3 aromatic heterocycles. The van der Waals surface area contributed by atoms with Gasteiger partial charge < -0.3 is 19.0 Å². The second-order valence-electron chi connectivity index (χ2n) is 7.71. The molecule has 5 rings (SSSR count). The zero-order chi connectivity index (χ0) is 20.7. The summed E-state index contributed by atoms with van der Waals surface area (Å²) in [5.41, 5.74) is 3.08. The first-order chi connectivity index (χ1) is 14.6. The molecule has 4 aromatic rings. The molecule has 1 amide bonds. The molecule has 1 fully saturated rings. The molecule has 0 radical (unpaired) electrons. The number of imidazole rings is 2. The highest BCUT2D eigenvalue weighted by molar-refractivity contribution is 5.78. The minimum atomic E-state index is -0.278. The molecule has 30 heavy (non-hydrogen) atoms. The van der Waals surface area contributed by atoms with E-state index in [4.69, 9.17) is 4.74 Å². The van der Waals surface area contributed by atoms with Gasteiger partial charge in [0.25, 0.3) is 5.91 Å². The number of carbonyl (C=O) groups excluding carboxylic acids is 1. The molecule has 1 N–H and O–H groups in total. The van der Waals surface area contributed by atoms with Crippen LogP contribution in [0.15, 0.2) is 42.7 Å². The highest BCUT2D eigenvalue weighted by atomic mass is 19.1. The van der Waals surface area contributed by atoms with Crippen molar-refractivity contribution >= 4 is 22.6 Å². The number of piperidine rings is 1. The Bertz CT molecular complexity index is 1220. The smallest absolute Gasteiger partial charge is 0.260 e. The summed E-state index contributed by atoms with van der Waals surface area (Å²) in [4.78, 5) is 26.7. The van der Waals surface area contributed by atoms with Crippen molar-refractivity contribution in [2.75, 3.05) is 19.7 Å². The highest BCUT2D eigenvalue weighted by Gasteiger charge is 2.26. The Balaban J connectivity index is 1.20. The number of nitrogens with one attached hydrogen (secondary N) is 1. The molecule has 1 aliphatic heterocycles. The quantitative estimate of drug-likeness (QED) is 0.562. The van der Waals surface area contributed by atoms with E-state index in [1.165, 1.54) is 12.1 Å². The first kappa shape index (κ1) is 18.6. The van der Waals surface area contributed by atoms with Crippen molar-refractivity contribution in [3.05, 3.63) is 60.1 Å². The molecule has 0 unspecified atom stereocenters. The summed E-state index contributed by atoms with van der Waals surface area (Å²) in [6, 6.07) is 8.26. The van der Waals surface area contributed by atoms with Gasteiger partial charge in [-0.3, -0.25) is 4.79 Å². The van der Waals surface area contributed by atoms with E-state index in [0.29, 0.717) is 30.0 Å². The normalized spacial score (nSPS) is 15.2. The molecular weight excluding hydrogens is 385 g/mol. The van der Waals surface area contributed by atoms with Gasteiger partial charge in [-0.25, -0.2) is 14.4 Å². The Labute approximate surface area is 172 Å². The van der Waals surface area contributed by atoms with Crippen molar-refractivity contribution in [3.63, 3.8) is 0 Å². The summed E-state index contributed by atoms with van der Waals surface area (Å²) in [5.74, 6) is 1.38. The zero-order valence-electron chi connectivity index (χ0n) is 16.6. The van der Waals surface area contributed by atoms with Crippen LogP contribution in [0.1, 0.15) is 30.3 Å². The number of hydrogen-bond acceptors (Lipinski definition) is 4. The summed E-state index contributed by atoms with van der Waals surface area (Å²) in [5, 5.41) is 0. The lowest BCUT2D eigenvalue weighted by molar-refractivity contribution is -0.134. The second kappa shape index (κ2) is 7.44. The predicted molar refractivity (Wildman–Crippen MR) is 110 cm³/mol. The molecule has 0 aliphatic carbocycles. The van der Waals surface area contributed by atoms with Gasteiger partial charge in [-0.05, 0) is 50.1 Å². The molecule has 1 saturated heterocycles. The number of amides is 1. The largest absolute Gasteiger partial charge is 0.480 e. The lowest BCUT2D eigenvalue weighted by atomic mass is 9.96. The predicted octanol–water partition coefficient (Wildman–Crippen LogP) is 3.44. The van der Waals surface area contributed by atoms with Crippen LogP contribution >= 0.6 is 0 Å². The SMILES string of the molecule is Cc1cn2cccc(OCC(=O)N3CCC(c4nc5ccc(F)cc5[nH]4)CC3)c2n1. The van der Waals surface area contributed by atoms with Gasteiger partial charge in [0.2, 0.25) is 0 Å². The minimum Gasteiger partial charge on any atom is -0.480 e. The number of rotatable bonds is 4. The van der Waals surface area contributed by atoms with Crippen molar-refractivity contribution in [1.82, 2.24) is 24.3 Å². The van der Waals surface area contributed by atoms with Gasteiger partial charge in [0.05, 0.1) is 16.7 Å². The van der Waals surface area contributed by atoms with Crippen LogP contribution in [0.5, 0.6) is 5.75 Å². The van der Waals surface area contributed by atoms with Gasteiger partial charge in [-0.2, -0.15) is 0 Å². The topological polar surface area (TPSA) is 75.5 Å².